The van der Waals surface area contributed by atoms with Gasteiger partial charge in [0.05, 0.1) is 0 Å². The van der Waals surface area contributed by atoms with Crippen LogP contribution in [0.15, 0.2) is 24.9 Å². The fourth-order valence-electron chi connectivity index (χ4n) is 2.89. The number of aryl methyl sites for hydroxylation is 1. The van der Waals surface area contributed by atoms with Gasteiger partial charge >= 0.3 is 0 Å². The van der Waals surface area contributed by atoms with Crippen molar-refractivity contribution in [1.82, 2.24) is 34.8 Å². The molecule has 2 aromatic heterocycles. The van der Waals surface area contributed by atoms with Gasteiger partial charge in [-0.2, -0.15) is 10.2 Å². The molecule has 23 heavy (non-hydrogen) atoms. The van der Waals surface area contributed by atoms with E-state index in [-0.39, 0.29) is 5.91 Å². The Balaban J connectivity index is 1.41. The minimum absolute atomic E-state index is 0.244. The molecule has 124 valence electrons. The molecule has 1 aliphatic rings. The predicted octanol–water partition coefficient (Wildman–Crippen LogP) is 0.516. The summed E-state index contributed by atoms with van der Waals surface area (Å²) in [6.45, 7) is 5.19. The maximum absolute atomic E-state index is 12.3. The SMILES string of the molecule is O=C(CCCn1cncn1)N1CCCN(Cc2ccn[nH]2)CC1. The van der Waals surface area contributed by atoms with Gasteiger partial charge in [0.1, 0.15) is 12.7 Å². The second-order valence-corrected chi connectivity index (χ2v) is 5.85. The lowest BCUT2D eigenvalue weighted by Crippen LogP contribution is -2.35. The lowest BCUT2D eigenvalue weighted by molar-refractivity contribution is -0.131. The Hall–Kier alpha value is -2.22. The molecule has 8 nitrogen and oxygen atoms in total. The fourth-order valence-corrected chi connectivity index (χ4v) is 2.89. The van der Waals surface area contributed by atoms with Gasteiger partial charge in [0.25, 0.3) is 0 Å². The highest BCUT2D eigenvalue weighted by atomic mass is 16.2. The Bertz CT molecular complexity index is 581. The number of carbonyl (C=O) groups excluding carboxylic acids is 1. The lowest BCUT2D eigenvalue weighted by Gasteiger charge is -2.21. The number of rotatable bonds is 6. The first-order valence-electron chi connectivity index (χ1n) is 8.12. The van der Waals surface area contributed by atoms with Crippen molar-refractivity contribution in [1.29, 1.82) is 0 Å². The van der Waals surface area contributed by atoms with Gasteiger partial charge in [-0.05, 0) is 18.9 Å². The van der Waals surface area contributed by atoms with Crippen LogP contribution in [0.4, 0.5) is 0 Å². The van der Waals surface area contributed by atoms with Gasteiger partial charge in [0.2, 0.25) is 5.91 Å². The molecule has 1 fully saturated rings. The number of H-pyrrole nitrogens is 1. The van der Waals surface area contributed by atoms with Crippen LogP contribution in [0.5, 0.6) is 0 Å². The van der Waals surface area contributed by atoms with E-state index in [0.29, 0.717) is 6.42 Å². The highest BCUT2D eigenvalue weighted by Crippen LogP contribution is 2.09. The van der Waals surface area contributed by atoms with Crippen LogP contribution in [0.1, 0.15) is 25.0 Å². The van der Waals surface area contributed by atoms with Crippen LogP contribution < -0.4 is 0 Å². The summed E-state index contributed by atoms with van der Waals surface area (Å²) >= 11 is 0. The van der Waals surface area contributed by atoms with E-state index in [4.69, 9.17) is 0 Å². The van der Waals surface area contributed by atoms with E-state index in [0.717, 1.165) is 57.8 Å². The Morgan fingerprint density at radius 2 is 2.22 bits per heavy atom. The number of aromatic nitrogens is 5. The van der Waals surface area contributed by atoms with Gasteiger partial charge in [0, 0.05) is 57.6 Å². The van der Waals surface area contributed by atoms with Gasteiger partial charge in [-0.1, -0.05) is 0 Å². The Morgan fingerprint density at radius 1 is 1.26 bits per heavy atom. The number of carbonyl (C=O) groups is 1. The molecular weight excluding hydrogens is 294 g/mol. The van der Waals surface area contributed by atoms with Crippen LogP contribution in [0, 0.1) is 0 Å². The molecule has 1 amide bonds. The van der Waals surface area contributed by atoms with Gasteiger partial charge in [-0.3, -0.25) is 19.5 Å². The molecule has 3 rings (SSSR count). The summed E-state index contributed by atoms with van der Waals surface area (Å²) in [5.74, 6) is 0.244. The van der Waals surface area contributed by atoms with Crippen molar-refractivity contribution in [3.63, 3.8) is 0 Å². The second kappa shape index (κ2) is 7.87. The average molecular weight is 317 g/mol. The van der Waals surface area contributed by atoms with Crippen molar-refractivity contribution in [2.75, 3.05) is 26.2 Å². The summed E-state index contributed by atoms with van der Waals surface area (Å²) in [4.78, 5) is 20.6. The van der Waals surface area contributed by atoms with Crippen molar-refractivity contribution < 1.29 is 4.79 Å². The van der Waals surface area contributed by atoms with Gasteiger partial charge < -0.3 is 4.90 Å². The van der Waals surface area contributed by atoms with Crippen LogP contribution in [0.3, 0.4) is 0 Å². The van der Waals surface area contributed by atoms with Crippen LogP contribution in [0.25, 0.3) is 0 Å². The molecule has 0 spiro atoms. The summed E-state index contributed by atoms with van der Waals surface area (Å²) in [5.41, 5.74) is 1.12. The van der Waals surface area contributed by atoms with Crippen molar-refractivity contribution in [3.05, 3.63) is 30.6 Å². The molecule has 0 atom stereocenters. The first-order chi connectivity index (χ1) is 11.3. The highest BCUT2D eigenvalue weighted by Gasteiger charge is 2.19. The molecule has 0 radical (unpaired) electrons. The molecule has 0 aliphatic carbocycles. The maximum Gasteiger partial charge on any atom is 0.222 e. The first-order valence-corrected chi connectivity index (χ1v) is 8.12. The quantitative estimate of drug-likeness (QED) is 0.839. The zero-order valence-corrected chi connectivity index (χ0v) is 13.3. The number of hydrogen-bond acceptors (Lipinski definition) is 5. The molecule has 0 aromatic carbocycles. The van der Waals surface area contributed by atoms with Gasteiger partial charge in [-0.15, -0.1) is 0 Å². The number of nitrogens with zero attached hydrogens (tertiary/aromatic N) is 6. The third-order valence-corrected chi connectivity index (χ3v) is 4.14. The van der Waals surface area contributed by atoms with Crippen molar-refractivity contribution in [2.45, 2.75) is 32.4 Å². The van der Waals surface area contributed by atoms with E-state index >= 15 is 0 Å². The molecule has 0 saturated carbocycles. The van der Waals surface area contributed by atoms with Crippen LogP contribution in [0.2, 0.25) is 0 Å². The molecule has 0 unspecified atom stereocenters. The molecule has 3 heterocycles. The summed E-state index contributed by atoms with van der Waals surface area (Å²) in [7, 11) is 0. The zero-order valence-electron chi connectivity index (χ0n) is 13.3. The zero-order chi connectivity index (χ0) is 15.9. The molecule has 1 aliphatic heterocycles. The van der Waals surface area contributed by atoms with E-state index in [1.165, 1.54) is 6.33 Å². The van der Waals surface area contributed by atoms with Crippen molar-refractivity contribution >= 4 is 5.91 Å². The summed E-state index contributed by atoms with van der Waals surface area (Å²) in [6.07, 6.45) is 7.37. The smallest absolute Gasteiger partial charge is 0.222 e. The third kappa shape index (κ3) is 4.62. The van der Waals surface area contributed by atoms with Crippen LogP contribution >= 0.6 is 0 Å². The van der Waals surface area contributed by atoms with E-state index in [9.17, 15) is 4.79 Å². The monoisotopic (exact) mass is 317 g/mol. The Kier molecular flexibility index (Phi) is 5.36. The number of aromatic amines is 1. The van der Waals surface area contributed by atoms with Gasteiger partial charge in [-0.25, -0.2) is 4.98 Å². The number of hydrogen-bond donors (Lipinski definition) is 1. The summed E-state index contributed by atoms with van der Waals surface area (Å²) in [5, 5.41) is 11.0. The van der Waals surface area contributed by atoms with E-state index in [1.807, 2.05) is 11.0 Å². The number of amides is 1. The molecule has 8 heteroatoms. The normalized spacial score (nSPS) is 16.4. The third-order valence-electron chi connectivity index (χ3n) is 4.14. The average Bonchev–Trinajstić information content (AvgIpc) is 3.19. The minimum Gasteiger partial charge on any atom is -0.341 e. The molecule has 1 N–H and O–H groups in total. The summed E-state index contributed by atoms with van der Waals surface area (Å²) in [6, 6.07) is 2.00. The van der Waals surface area contributed by atoms with E-state index < -0.39 is 0 Å². The topological polar surface area (TPSA) is 82.9 Å². The fraction of sp³-hybridized carbons (Fsp3) is 0.600. The Labute approximate surface area is 135 Å². The standard InChI is InChI=1S/C15H23N7O/c23-15(3-1-8-22-13-16-12-18-22)21-7-2-6-20(9-10-21)11-14-4-5-17-19-14/h4-5,12-13H,1-3,6-11H2,(H,17,19). The van der Waals surface area contributed by atoms with Crippen LogP contribution in [-0.4, -0.2) is 66.8 Å². The largest absolute Gasteiger partial charge is 0.341 e. The molecule has 2 aromatic rings. The minimum atomic E-state index is 0.244. The molecule has 1 saturated heterocycles. The maximum atomic E-state index is 12.3. The highest BCUT2D eigenvalue weighted by molar-refractivity contribution is 5.76. The Morgan fingerprint density at radius 3 is 3.00 bits per heavy atom. The van der Waals surface area contributed by atoms with E-state index in [1.54, 1.807) is 17.2 Å². The summed E-state index contributed by atoms with van der Waals surface area (Å²) < 4.78 is 1.77. The first kappa shape index (κ1) is 15.7. The van der Waals surface area contributed by atoms with Crippen molar-refractivity contribution in [2.24, 2.45) is 0 Å². The van der Waals surface area contributed by atoms with E-state index in [2.05, 4.69) is 25.2 Å². The van der Waals surface area contributed by atoms with Gasteiger partial charge in [0.15, 0.2) is 0 Å². The molecular formula is C15H23N7O. The molecule has 0 bridgehead atoms. The number of nitrogens with one attached hydrogen (secondary N) is 1. The lowest BCUT2D eigenvalue weighted by atomic mass is 10.2. The van der Waals surface area contributed by atoms with Crippen LogP contribution in [-0.2, 0) is 17.9 Å². The second-order valence-electron chi connectivity index (χ2n) is 5.85. The predicted molar refractivity (Wildman–Crippen MR) is 84.3 cm³/mol. The van der Waals surface area contributed by atoms with Crippen molar-refractivity contribution in [3.8, 4) is 0 Å².